The Balaban J connectivity index is 1.62. The number of rotatable bonds is 8. The van der Waals surface area contributed by atoms with Gasteiger partial charge in [-0.25, -0.2) is 0 Å². The van der Waals surface area contributed by atoms with Gasteiger partial charge < -0.3 is 9.47 Å². The molecular formula is C24H25NO4S. The monoisotopic (exact) mass is 423 g/mol. The summed E-state index contributed by atoms with van der Waals surface area (Å²) in [6.07, 6.45) is 1.77. The van der Waals surface area contributed by atoms with Crippen molar-refractivity contribution >= 4 is 29.1 Å². The molecule has 0 spiro atoms. The Morgan fingerprint density at radius 2 is 1.83 bits per heavy atom. The molecule has 1 atom stereocenters. The molecule has 30 heavy (non-hydrogen) atoms. The highest BCUT2D eigenvalue weighted by Gasteiger charge is 2.40. The molecule has 1 saturated heterocycles. The van der Waals surface area contributed by atoms with Gasteiger partial charge >= 0.3 is 0 Å². The molecular weight excluding hydrogens is 398 g/mol. The maximum absolute atomic E-state index is 13.3. The molecule has 2 aromatic carbocycles. The van der Waals surface area contributed by atoms with E-state index in [0.29, 0.717) is 36.0 Å². The number of hydrogen-bond donors (Lipinski definition) is 0. The molecule has 6 heteroatoms. The van der Waals surface area contributed by atoms with Crippen molar-refractivity contribution in [2.45, 2.75) is 31.6 Å². The Labute approximate surface area is 181 Å². The van der Waals surface area contributed by atoms with Crippen LogP contribution in [0, 0.1) is 0 Å². The number of carbonyl (C=O) groups is 2. The van der Waals surface area contributed by atoms with E-state index >= 15 is 0 Å². The summed E-state index contributed by atoms with van der Waals surface area (Å²) in [6, 6.07) is 17.3. The Hall–Kier alpha value is -2.57. The first kappa shape index (κ1) is 20.7. The topological polar surface area (TPSA) is 55.8 Å². The minimum Gasteiger partial charge on any atom is -0.494 e. The summed E-state index contributed by atoms with van der Waals surface area (Å²) in [7, 11) is 0. The lowest BCUT2D eigenvalue weighted by Gasteiger charge is -2.19. The molecule has 0 bridgehead atoms. The number of carbonyl (C=O) groups excluding carboxylic acids is 2. The predicted molar refractivity (Wildman–Crippen MR) is 118 cm³/mol. The molecule has 4 rings (SSSR count). The molecule has 1 fully saturated rings. The van der Waals surface area contributed by atoms with Gasteiger partial charge in [0.2, 0.25) is 0 Å². The Morgan fingerprint density at radius 3 is 2.50 bits per heavy atom. The van der Waals surface area contributed by atoms with Gasteiger partial charge in [-0.05, 0) is 43.0 Å². The van der Waals surface area contributed by atoms with Crippen molar-refractivity contribution in [1.82, 2.24) is 4.90 Å². The Kier molecular flexibility index (Phi) is 6.55. The molecule has 0 saturated carbocycles. The van der Waals surface area contributed by atoms with Gasteiger partial charge in [-0.3, -0.25) is 14.5 Å². The highest BCUT2D eigenvalue weighted by Crippen LogP contribution is 2.38. The van der Waals surface area contributed by atoms with Gasteiger partial charge in [0.05, 0.1) is 29.7 Å². The molecule has 0 N–H and O–H groups in total. The maximum Gasteiger partial charge on any atom is 0.268 e. The molecule has 0 aromatic heterocycles. The van der Waals surface area contributed by atoms with Crippen LogP contribution in [0.4, 0.5) is 0 Å². The zero-order valence-corrected chi connectivity index (χ0v) is 17.8. The first-order valence-corrected chi connectivity index (χ1v) is 11.3. The summed E-state index contributed by atoms with van der Waals surface area (Å²) < 4.78 is 11.2. The smallest absolute Gasteiger partial charge is 0.268 e. The quantitative estimate of drug-likeness (QED) is 0.593. The maximum atomic E-state index is 13.3. The van der Waals surface area contributed by atoms with E-state index in [1.165, 1.54) is 16.7 Å². The Bertz CT molecular complexity index is 933. The highest BCUT2D eigenvalue weighted by atomic mass is 32.2. The van der Waals surface area contributed by atoms with Crippen LogP contribution in [0.25, 0.3) is 5.57 Å². The third-order valence-electron chi connectivity index (χ3n) is 5.22. The average Bonchev–Trinajstić information content (AvgIpc) is 3.36. The molecule has 2 aliphatic heterocycles. The molecule has 0 aliphatic carbocycles. The second-order valence-electron chi connectivity index (χ2n) is 7.29. The van der Waals surface area contributed by atoms with Crippen LogP contribution in [0.5, 0.6) is 5.75 Å². The van der Waals surface area contributed by atoms with Crippen LogP contribution < -0.4 is 4.74 Å². The zero-order chi connectivity index (χ0) is 20.9. The van der Waals surface area contributed by atoms with Gasteiger partial charge in [-0.2, -0.15) is 0 Å². The van der Waals surface area contributed by atoms with Crippen molar-refractivity contribution in [2.75, 3.05) is 19.8 Å². The van der Waals surface area contributed by atoms with E-state index in [4.69, 9.17) is 9.47 Å². The molecule has 2 aromatic rings. The van der Waals surface area contributed by atoms with Gasteiger partial charge in [0.15, 0.2) is 0 Å². The molecule has 2 heterocycles. The first-order chi connectivity index (χ1) is 14.7. The van der Waals surface area contributed by atoms with Crippen LogP contribution in [0.1, 0.15) is 30.9 Å². The van der Waals surface area contributed by atoms with Crippen LogP contribution in [0.15, 0.2) is 59.5 Å². The molecule has 2 amide bonds. The van der Waals surface area contributed by atoms with Gasteiger partial charge in [0.25, 0.3) is 11.8 Å². The number of amides is 2. The fourth-order valence-electron chi connectivity index (χ4n) is 3.71. The summed E-state index contributed by atoms with van der Waals surface area (Å²) >= 11 is 1.42. The number of hydrogen-bond acceptors (Lipinski definition) is 5. The van der Waals surface area contributed by atoms with Crippen molar-refractivity contribution in [1.29, 1.82) is 0 Å². The summed E-state index contributed by atoms with van der Waals surface area (Å²) in [5.41, 5.74) is 2.32. The number of ether oxygens (including phenoxy) is 2. The lowest BCUT2D eigenvalue weighted by molar-refractivity contribution is -0.138. The average molecular weight is 424 g/mol. The lowest BCUT2D eigenvalue weighted by atomic mass is 10.1. The van der Waals surface area contributed by atoms with Crippen molar-refractivity contribution in [3.05, 3.63) is 70.6 Å². The second kappa shape index (κ2) is 9.49. The van der Waals surface area contributed by atoms with E-state index < -0.39 is 0 Å². The van der Waals surface area contributed by atoms with E-state index in [2.05, 4.69) is 0 Å². The van der Waals surface area contributed by atoms with E-state index in [0.717, 1.165) is 29.7 Å². The minimum atomic E-state index is -0.241. The number of imide groups is 1. The third kappa shape index (κ3) is 4.45. The number of benzene rings is 2. The van der Waals surface area contributed by atoms with E-state index in [1.54, 1.807) is 0 Å². The minimum absolute atomic E-state index is 0.0713. The van der Waals surface area contributed by atoms with Crippen LogP contribution in [-0.4, -0.2) is 42.6 Å². The van der Waals surface area contributed by atoms with Crippen molar-refractivity contribution in [2.24, 2.45) is 0 Å². The summed E-state index contributed by atoms with van der Waals surface area (Å²) in [6.45, 7) is 3.51. The third-order valence-corrected chi connectivity index (χ3v) is 6.36. The van der Waals surface area contributed by atoms with Gasteiger partial charge in [-0.15, -0.1) is 11.8 Å². The van der Waals surface area contributed by atoms with Crippen LogP contribution in [-0.2, 0) is 20.1 Å². The van der Waals surface area contributed by atoms with E-state index in [1.807, 2.05) is 61.5 Å². The van der Waals surface area contributed by atoms with Crippen LogP contribution in [0.3, 0.4) is 0 Å². The zero-order valence-electron chi connectivity index (χ0n) is 17.0. The number of nitrogens with zero attached hydrogens (tertiary/aromatic N) is 1. The fourth-order valence-corrected chi connectivity index (χ4v) is 4.80. The fraction of sp³-hybridized carbons (Fsp3) is 0.333. The van der Waals surface area contributed by atoms with Crippen LogP contribution in [0.2, 0.25) is 0 Å². The van der Waals surface area contributed by atoms with Crippen molar-refractivity contribution < 1.29 is 19.1 Å². The molecule has 0 radical (unpaired) electrons. The SMILES string of the molecule is CCOc1ccc(C2=C(SCc3ccccc3)C(=O)N(CC3CCCO3)C2=O)cc1. The molecule has 1 unspecified atom stereocenters. The van der Waals surface area contributed by atoms with Crippen molar-refractivity contribution in [3.8, 4) is 5.75 Å². The summed E-state index contributed by atoms with van der Waals surface area (Å²) in [4.78, 5) is 28.4. The lowest BCUT2D eigenvalue weighted by Crippen LogP contribution is -2.37. The van der Waals surface area contributed by atoms with Gasteiger partial charge in [0.1, 0.15) is 5.75 Å². The van der Waals surface area contributed by atoms with Crippen molar-refractivity contribution in [3.63, 3.8) is 0 Å². The van der Waals surface area contributed by atoms with Gasteiger partial charge in [-0.1, -0.05) is 42.5 Å². The van der Waals surface area contributed by atoms with Crippen LogP contribution >= 0.6 is 11.8 Å². The second-order valence-corrected chi connectivity index (χ2v) is 8.28. The predicted octanol–water partition coefficient (Wildman–Crippen LogP) is 4.28. The largest absolute Gasteiger partial charge is 0.494 e. The normalized spacial score (nSPS) is 19.1. The molecule has 5 nitrogen and oxygen atoms in total. The molecule has 156 valence electrons. The molecule has 2 aliphatic rings. The summed E-state index contributed by atoms with van der Waals surface area (Å²) in [5.74, 6) is 0.910. The standard InChI is InChI=1S/C24H25NO4S/c1-2-28-19-12-10-18(11-13-19)21-22(30-16-17-7-4-3-5-8-17)24(27)25(23(21)26)15-20-9-6-14-29-20/h3-5,7-8,10-13,20H,2,6,9,14-16H2,1H3. The first-order valence-electron chi connectivity index (χ1n) is 10.3. The van der Waals surface area contributed by atoms with Gasteiger partial charge in [0, 0.05) is 12.4 Å². The summed E-state index contributed by atoms with van der Waals surface area (Å²) in [5, 5.41) is 0. The van der Waals surface area contributed by atoms with E-state index in [-0.39, 0.29) is 17.9 Å². The van der Waals surface area contributed by atoms with E-state index in [9.17, 15) is 9.59 Å². The Morgan fingerprint density at radius 1 is 1.07 bits per heavy atom. The number of thioether (sulfide) groups is 1. The highest BCUT2D eigenvalue weighted by molar-refractivity contribution is 8.03.